The van der Waals surface area contributed by atoms with Crippen molar-refractivity contribution >= 4 is 5.69 Å². The average Bonchev–Trinajstić information content (AvgIpc) is 2.57. The van der Waals surface area contributed by atoms with Gasteiger partial charge in [-0.1, -0.05) is 18.2 Å². The van der Waals surface area contributed by atoms with Crippen molar-refractivity contribution in [3.8, 4) is 0 Å². The Hall–Kier alpha value is -1.95. The molecule has 0 heterocycles. The second kappa shape index (κ2) is 7.75. The first-order valence-electron chi connectivity index (χ1n) is 7.99. The van der Waals surface area contributed by atoms with Gasteiger partial charge in [-0.15, -0.1) is 0 Å². The van der Waals surface area contributed by atoms with Crippen LogP contribution in [-0.4, -0.2) is 35.8 Å². The Morgan fingerprint density at radius 1 is 1.08 bits per heavy atom. The van der Waals surface area contributed by atoms with Gasteiger partial charge in [-0.25, -0.2) is 4.39 Å². The molecule has 0 aromatic heterocycles. The van der Waals surface area contributed by atoms with Crippen LogP contribution in [0, 0.1) is 5.82 Å². The van der Waals surface area contributed by atoms with Crippen LogP contribution >= 0.6 is 0 Å². The zero-order valence-electron chi connectivity index (χ0n) is 14.2. The number of hydrogen-bond donors (Lipinski definition) is 3. The maximum Gasteiger partial charge on any atom is 0.123 e. The molecule has 1 unspecified atom stereocenters. The quantitative estimate of drug-likeness (QED) is 0.681. The van der Waals surface area contributed by atoms with Gasteiger partial charge in [0.25, 0.3) is 0 Å². The predicted molar refractivity (Wildman–Crippen MR) is 94.0 cm³/mol. The number of aliphatic hydroxyl groups is 2. The fourth-order valence-corrected chi connectivity index (χ4v) is 3.37. The first-order valence-corrected chi connectivity index (χ1v) is 7.99. The van der Waals surface area contributed by atoms with E-state index in [9.17, 15) is 14.6 Å². The zero-order valence-corrected chi connectivity index (χ0v) is 14.2. The number of halogens is 1. The number of anilines is 1. The summed E-state index contributed by atoms with van der Waals surface area (Å²) in [5.74, 6) is -0.298. The Bertz CT molecular complexity index is 674. The first kappa shape index (κ1) is 18.4. The highest BCUT2D eigenvalue weighted by atomic mass is 19.1. The average molecular weight is 332 g/mol. The lowest BCUT2D eigenvalue weighted by Crippen LogP contribution is -2.43. The summed E-state index contributed by atoms with van der Waals surface area (Å²) >= 11 is 0. The minimum absolute atomic E-state index is 0.0558. The molecule has 0 aliphatic carbocycles. The monoisotopic (exact) mass is 332 g/mol. The SMILES string of the molecule is CN(C)C(CCCO)(c1ccc(F)cc1)c1ccc(N)cc1CO. The molecule has 0 spiro atoms. The molecule has 0 aliphatic heterocycles. The summed E-state index contributed by atoms with van der Waals surface area (Å²) in [6.45, 7) is -0.0868. The van der Waals surface area contributed by atoms with E-state index in [4.69, 9.17) is 5.73 Å². The molecular formula is C19H25FN2O2. The minimum atomic E-state index is -0.595. The van der Waals surface area contributed by atoms with Gasteiger partial charge in [0.2, 0.25) is 0 Å². The van der Waals surface area contributed by atoms with Crippen molar-refractivity contribution in [1.29, 1.82) is 0 Å². The van der Waals surface area contributed by atoms with E-state index < -0.39 is 5.54 Å². The fourth-order valence-electron chi connectivity index (χ4n) is 3.37. The van der Waals surface area contributed by atoms with Gasteiger partial charge in [0.05, 0.1) is 12.1 Å². The second-order valence-electron chi connectivity index (χ2n) is 6.16. The van der Waals surface area contributed by atoms with E-state index in [2.05, 4.69) is 0 Å². The van der Waals surface area contributed by atoms with Gasteiger partial charge in [-0.05, 0) is 67.9 Å². The van der Waals surface area contributed by atoms with E-state index in [0.29, 0.717) is 18.5 Å². The number of hydrogen-bond acceptors (Lipinski definition) is 4. The van der Waals surface area contributed by atoms with Crippen molar-refractivity contribution in [3.05, 3.63) is 65.0 Å². The van der Waals surface area contributed by atoms with Gasteiger partial charge in [-0.2, -0.15) is 0 Å². The highest BCUT2D eigenvalue weighted by Gasteiger charge is 2.37. The molecular weight excluding hydrogens is 307 g/mol. The lowest BCUT2D eigenvalue weighted by molar-refractivity contribution is 0.161. The molecule has 0 radical (unpaired) electrons. The molecule has 0 bridgehead atoms. The molecule has 2 rings (SSSR count). The van der Waals surface area contributed by atoms with Crippen molar-refractivity contribution < 1.29 is 14.6 Å². The number of rotatable bonds is 7. The third kappa shape index (κ3) is 3.43. The third-order valence-corrected chi connectivity index (χ3v) is 4.53. The van der Waals surface area contributed by atoms with Crippen molar-refractivity contribution in [2.24, 2.45) is 0 Å². The summed E-state index contributed by atoms with van der Waals surface area (Å²) in [5, 5.41) is 19.2. The third-order valence-electron chi connectivity index (χ3n) is 4.53. The van der Waals surface area contributed by atoms with E-state index in [1.54, 1.807) is 24.3 Å². The number of aliphatic hydroxyl groups excluding tert-OH is 2. The molecule has 0 amide bonds. The lowest BCUT2D eigenvalue weighted by atomic mass is 9.76. The number of nitrogens with zero attached hydrogens (tertiary/aromatic N) is 1. The van der Waals surface area contributed by atoms with Crippen LogP contribution in [0.5, 0.6) is 0 Å². The largest absolute Gasteiger partial charge is 0.399 e. The molecule has 2 aromatic carbocycles. The van der Waals surface area contributed by atoms with Crippen LogP contribution < -0.4 is 5.73 Å². The predicted octanol–water partition coefficient (Wildman–Crippen LogP) is 2.48. The molecule has 0 saturated heterocycles. The van der Waals surface area contributed by atoms with Gasteiger partial charge in [-0.3, -0.25) is 4.90 Å². The molecule has 4 N–H and O–H groups in total. The highest BCUT2D eigenvalue weighted by molar-refractivity contribution is 5.50. The Morgan fingerprint density at radius 2 is 1.75 bits per heavy atom. The topological polar surface area (TPSA) is 69.7 Å². The maximum absolute atomic E-state index is 13.4. The Kier molecular flexibility index (Phi) is 5.94. The minimum Gasteiger partial charge on any atom is -0.399 e. The van der Waals surface area contributed by atoms with Crippen LogP contribution in [-0.2, 0) is 12.1 Å². The van der Waals surface area contributed by atoms with Crippen LogP contribution in [0.3, 0.4) is 0 Å². The van der Waals surface area contributed by atoms with Crippen molar-refractivity contribution in [2.75, 3.05) is 26.4 Å². The highest BCUT2D eigenvalue weighted by Crippen LogP contribution is 2.41. The van der Waals surface area contributed by atoms with Crippen LogP contribution in [0.2, 0.25) is 0 Å². The van der Waals surface area contributed by atoms with Gasteiger partial charge < -0.3 is 15.9 Å². The maximum atomic E-state index is 13.4. The zero-order chi connectivity index (χ0) is 17.7. The summed E-state index contributed by atoms with van der Waals surface area (Å²) < 4.78 is 13.4. The Morgan fingerprint density at radius 3 is 2.29 bits per heavy atom. The van der Waals surface area contributed by atoms with E-state index in [-0.39, 0.29) is 19.0 Å². The smallest absolute Gasteiger partial charge is 0.123 e. The number of nitrogens with two attached hydrogens (primary N) is 1. The molecule has 0 aliphatic rings. The molecule has 0 saturated carbocycles. The van der Waals surface area contributed by atoms with Crippen molar-refractivity contribution in [2.45, 2.75) is 25.0 Å². The van der Waals surface area contributed by atoms with Crippen molar-refractivity contribution in [3.63, 3.8) is 0 Å². The molecule has 2 aromatic rings. The lowest BCUT2D eigenvalue weighted by Gasteiger charge is -2.42. The summed E-state index contributed by atoms with van der Waals surface area (Å²) in [6, 6.07) is 11.8. The molecule has 24 heavy (non-hydrogen) atoms. The summed E-state index contributed by atoms with van der Waals surface area (Å²) in [5.41, 5.74) is 8.39. The molecule has 5 heteroatoms. The normalized spacial score (nSPS) is 13.9. The Labute approximate surface area is 142 Å². The molecule has 4 nitrogen and oxygen atoms in total. The van der Waals surface area contributed by atoms with Crippen LogP contribution in [0.4, 0.5) is 10.1 Å². The van der Waals surface area contributed by atoms with E-state index in [1.807, 2.05) is 25.1 Å². The number of benzene rings is 2. The van der Waals surface area contributed by atoms with Crippen LogP contribution in [0.25, 0.3) is 0 Å². The number of nitrogen functional groups attached to an aromatic ring is 1. The van der Waals surface area contributed by atoms with Crippen molar-refractivity contribution in [1.82, 2.24) is 4.90 Å². The Balaban J connectivity index is 2.71. The first-order chi connectivity index (χ1) is 11.5. The van der Waals surface area contributed by atoms with E-state index in [0.717, 1.165) is 16.7 Å². The summed E-state index contributed by atoms with van der Waals surface area (Å²) in [6.07, 6.45) is 1.20. The van der Waals surface area contributed by atoms with E-state index >= 15 is 0 Å². The molecule has 1 atom stereocenters. The van der Waals surface area contributed by atoms with Gasteiger partial charge in [0.1, 0.15) is 5.82 Å². The molecule has 0 fully saturated rings. The van der Waals surface area contributed by atoms with Crippen LogP contribution in [0.1, 0.15) is 29.5 Å². The molecule has 130 valence electrons. The summed E-state index contributed by atoms with van der Waals surface area (Å²) in [7, 11) is 3.89. The standard InChI is InChI=1S/C19H25FN2O2/c1-22(2)19(10-3-11-23,15-4-6-16(20)7-5-15)18-9-8-17(21)12-14(18)13-24/h4-9,12,23-24H,3,10-11,13,21H2,1-2H3. The van der Waals surface area contributed by atoms with Crippen LogP contribution in [0.15, 0.2) is 42.5 Å². The van der Waals surface area contributed by atoms with Gasteiger partial charge in [0.15, 0.2) is 0 Å². The fraction of sp³-hybridized carbons (Fsp3) is 0.368. The summed E-state index contributed by atoms with van der Waals surface area (Å²) in [4.78, 5) is 2.04. The van der Waals surface area contributed by atoms with Gasteiger partial charge >= 0.3 is 0 Å². The van der Waals surface area contributed by atoms with E-state index in [1.165, 1.54) is 12.1 Å². The second-order valence-corrected chi connectivity index (χ2v) is 6.16. The van der Waals surface area contributed by atoms with Gasteiger partial charge in [0, 0.05) is 12.3 Å².